The van der Waals surface area contributed by atoms with E-state index in [2.05, 4.69) is 5.32 Å². The summed E-state index contributed by atoms with van der Waals surface area (Å²) in [6.07, 6.45) is 1.39. The maximum Gasteiger partial charge on any atom is 0.240 e. The molecule has 0 aromatic rings. The highest BCUT2D eigenvalue weighted by Gasteiger charge is 2.46. The number of amides is 1. The molecule has 1 atom stereocenters. The number of hydrogen-bond acceptors (Lipinski definition) is 4. The number of nitrogens with two attached hydrogens (primary N) is 1. The van der Waals surface area contributed by atoms with E-state index < -0.39 is 11.1 Å². The molecule has 5 heteroatoms. The van der Waals surface area contributed by atoms with Crippen LogP contribution in [-0.4, -0.2) is 40.4 Å². The lowest BCUT2D eigenvalue weighted by molar-refractivity contribution is -0.124. The third-order valence-electron chi connectivity index (χ3n) is 2.21. The van der Waals surface area contributed by atoms with Gasteiger partial charge in [-0.1, -0.05) is 0 Å². The maximum absolute atomic E-state index is 11.3. The Hall–Kier alpha value is -0.650. The fourth-order valence-electron chi connectivity index (χ4n) is 0.864. The van der Waals surface area contributed by atoms with Gasteiger partial charge in [0.05, 0.1) is 12.1 Å². The molecule has 0 bridgehead atoms. The predicted octanol–water partition coefficient (Wildman–Crippen LogP) is -1.66. The van der Waals surface area contributed by atoms with Crippen LogP contribution >= 0.6 is 0 Å². The average Bonchev–Trinajstić information content (AvgIpc) is 2.81. The summed E-state index contributed by atoms with van der Waals surface area (Å²) in [6, 6.07) is 0. The van der Waals surface area contributed by atoms with E-state index in [0.29, 0.717) is 12.8 Å². The van der Waals surface area contributed by atoms with Crippen molar-refractivity contribution < 1.29 is 15.0 Å². The molecular formula is C8H16N2O3. The minimum absolute atomic E-state index is 0.0291. The van der Waals surface area contributed by atoms with E-state index in [1.807, 2.05) is 0 Å². The van der Waals surface area contributed by atoms with Gasteiger partial charge >= 0.3 is 0 Å². The van der Waals surface area contributed by atoms with Crippen molar-refractivity contribution in [3.63, 3.8) is 0 Å². The standard InChI is InChI=1S/C8H16N2O3/c1-7(13,5-11)4-10-6(12)8(9)2-3-8/h11,13H,2-5,9H2,1H3,(H,10,12). The summed E-state index contributed by atoms with van der Waals surface area (Å²) in [5, 5.41) is 20.5. The zero-order valence-electron chi connectivity index (χ0n) is 7.71. The van der Waals surface area contributed by atoms with Gasteiger partial charge in [0.2, 0.25) is 5.91 Å². The molecule has 0 saturated heterocycles. The minimum atomic E-state index is -1.26. The molecule has 0 spiro atoms. The van der Waals surface area contributed by atoms with Crippen LogP contribution in [0.3, 0.4) is 0 Å². The van der Waals surface area contributed by atoms with E-state index in [0.717, 1.165) is 0 Å². The van der Waals surface area contributed by atoms with Gasteiger partial charge in [0.15, 0.2) is 0 Å². The number of hydrogen-bond donors (Lipinski definition) is 4. The second-order valence-electron chi connectivity index (χ2n) is 3.99. The van der Waals surface area contributed by atoms with Crippen LogP contribution in [0.5, 0.6) is 0 Å². The van der Waals surface area contributed by atoms with Crippen molar-refractivity contribution in [2.24, 2.45) is 5.73 Å². The lowest BCUT2D eigenvalue weighted by Crippen LogP contribution is -2.49. The topological polar surface area (TPSA) is 95.6 Å². The normalized spacial score (nSPS) is 23.4. The fourth-order valence-corrected chi connectivity index (χ4v) is 0.864. The average molecular weight is 188 g/mol. The van der Waals surface area contributed by atoms with Gasteiger partial charge < -0.3 is 21.3 Å². The van der Waals surface area contributed by atoms with Crippen molar-refractivity contribution in [3.05, 3.63) is 0 Å². The maximum atomic E-state index is 11.3. The Bertz CT molecular complexity index is 211. The van der Waals surface area contributed by atoms with E-state index >= 15 is 0 Å². The van der Waals surface area contributed by atoms with Crippen LogP contribution in [0, 0.1) is 0 Å². The summed E-state index contributed by atoms with van der Waals surface area (Å²) in [4.78, 5) is 11.3. The zero-order valence-corrected chi connectivity index (χ0v) is 7.71. The smallest absolute Gasteiger partial charge is 0.240 e. The number of aliphatic hydroxyl groups is 2. The summed E-state index contributed by atoms with van der Waals surface area (Å²) in [6.45, 7) is 1.09. The first kappa shape index (κ1) is 10.4. The Morgan fingerprint density at radius 3 is 2.62 bits per heavy atom. The van der Waals surface area contributed by atoms with E-state index in [1.54, 1.807) is 0 Å². The number of carbonyl (C=O) groups excluding carboxylic acids is 1. The summed E-state index contributed by atoms with van der Waals surface area (Å²) >= 11 is 0. The van der Waals surface area contributed by atoms with Gasteiger partial charge in [0, 0.05) is 6.54 Å². The lowest BCUT2D eigenvalue weighted by atomic mass is 10.1. The van der Waals surface area contributed by atoms with E-state index in [-0.39, 0.29) is 19.1 Å². The van der Waals surface area contributed by atoms with Crippen molar-refractivity contribution in [3.8, 4) is 0 Å². The Morgan fingerprint density at radius 1 is 1.69 bits per heavy atom. The van der Waals surface area contributed by atoms with Gasteiger partial charge in [-0.15, -0.1) is 0 Å². The highest BCUT2D eigenvalue weighted by molar-refractivity contribution is 5.88. The van der Waals surface area contributed by atoms with Gasteiger partial charge in [-0.05, 0) is 19.8 Å². The molecule has 5 nitrogen and oxygen atoms in total. The van der Waals surface area contributed by atoms with Crippen LogP contribution < -0.4 is 11.1 Å². The highest BCUT2D eigenvalue weighted by atomic mass is 16.3. The van der Waals surface area contributed by atoms with E-state index in [9.17, 15) is 9.90 Å². The molecule has 0 aliphatic heterocycles. The second-order valence-corrected chi connectivity index (χ2v) is 3.99. The van der Waals surface area contributed by atoms with Crippen molar-refractivity contribution in [1.29, 1.82) is 0 Å². The molecule has 1 fully saturated rings. The Kier molecular flexibility index (Phi) is 2.61. The summed E-state index contributed by atoms with van der Waals surface area (Å²) in [5.41, 5.74) is 3.63. The molecule has 0 heterocycles. The number of carbonyl (C=O) groups is 1. The van der Waals surface area contributed by atoms with Crippen LogP contribution in [0.2, 0.25) is 0 Å². The van der Waals surface area contributed by atoms with E-state index in [4.69, 9.17) is 10.8 Å². The van der Waals surface area contributed by atoms with Crippen LogP contribution in [0.25, 0.3) is 0 Å². The Labute approximate surface area is 76.9 Å². The van der Waals surface area contributed by atoms with Crippen molar-refractivity contribution in [1.82, 2.24) is 5.32 Å². The molecule has 1 aliphatic rings. The number of rotatable bonds is 4. The number of nitrogens with one attached hydrogen (secondary N) is 1. The van der Waals surface area contributed by atoms with Gasteiger partial charge in [-0.25, -0.2) is 0 Å². The molecule has 5 N–H and O–H groups in total. The van der Waals surface area contributed by atoms with Crippen molar-refractivity contribution in [2.75, 3.05) is 13.2 Å². The third-order valence-corrected chi connectivity index (χ3v) is 2.21. The molecule has 0 radical (unpaired) electrons. The first-order chi connectivity index (χ1) is 5.90. The van der Waals surface area contributed by atoms with Gasteiger partial charge in [0.1, 0.15) is 5.60 Å². The van der Waals surface area contributed by atoms with Crippen molar-refractivity contribution in [2.45, 2.75) is 30.9 Å². The van der Waals surface area contributed by atoms with Crippen LogP contribution in [0.1, 0.15) is 19.8 Å². The predicted molar refractivity (Wildman–Crippen MR) is 46.9 cm³/mol. The van der Waals surface area contributed by atoms with Gasteiger partial charge in [0.25, 0.3) is 0 Å². The summed E-state index contributed by atoms with van der Waals surface area (Å²) < 4.78 is 0. The monoisotopic (exact) mass is 188 g/mol. The van der Waals surface area contributed by atoms with Gasteiger partial charge in [-0.2, -0.15) is 0 Å². The highest BCUT2D eigenvalue weighted by Crippen LogP contribution is 2.32. The third kappa shape index (κ3) is 2.65. The molecule has 0 aromatic carbocycles. The van der Waals surface area contributed by atoms with E-state index in [1.165, 1.54) is 6.92 Å². The quantitative estimate of drug-likeness (QED) is 0.424. The first-order valence-electron chi connectivity index (χ1n) is 4.30. The molecule has 1 rings (SSSR count). The minimum Gasteiger partial charge on any atom is -0.393 e. The molecule has 1 saturated carbocycles. The Balaban J connectivity index is 2.30. The SMILES string of the molecule is CC(O)(CO)CNC(=O)C1(N)CC1. The lowest BCUT2D eigenvalue weighted by Gasteiger charge is -2.21. The van der Waals surface area contributed by atoms with Crippen LogP contribution in [0.4, 0.5) is 0 Å². The Morgan fingerprint density at radius 2 is 2.23 bits per heavy atom. The molecule has 1 unspecified atom stereocenters. The summed E-state index contributed by atoms with van der Waals surface area (Å²) in [5.74, 6) is -0.249. The molecule has 0 aromatic heterocycles. The van der Waals surface area contributed by atoms with Gasteiger partial charge in [-0.3, -0.25) is 4.79 Å². The molecule has 1 aliphatic carbocycles. The second kappa shape index (κ2) is 3.25. The first-order valence-corrected chi connectivity index (χ1v) is 4.30. The van der Waals surface area contributed by atoms with Crippen LogP contribution in [0.15, 0.2) is 0 Å². The largest absolute Gasteiger partial charge is 0.393 e. The molecule has 13 heavy (non-hydrogen) atoms. The molecule has 76 valence electrons. The number of aliphatic hydroxyl groups excluding tert-OH is 1. The molecule has 1 amide bonds. The van der Waals surface area contributed by atoms with Crippen molar-refractivity contribution >= 4 is 5.91 Å². The fraction of sp³-hybridized carbons (Fsp3) is 0.875. The summed E-state index contributed by atoms with van der Waals surface area (Å²) in [7, 11) is 0. The molecular weight excluding hydrogens is 172 g/mol. The van der Waals surface area contributed by atoms with Crippen LogP contribution in [-0.2, 0) is 4.79 Å². The zero-order chi connectivity index (χ0) is 10.1.